The zero-order valence-corrected chi connectivity index (χ0v) is 11.7. The van der Waals surface area contributed by atoms with Gasteiger partial charge in [0.2, 0.25) is 11.8 Å². The Labute approximate surface area is 119 Å². The molecule has 0 spiro atoms. The molecule has 1 aromatic heterocycles. The summed E-state index contributed by atoms with van der Waals surface area (Å²) < 4.78 is 5.71. The topological polar surface area (TPSA) is 51.0 Å². The van der Waals surface area contributed by atoms with Gasteiger partial charge in [0.15, 0.2) is 0 Å². The molecule has 3 rings (SSSR count). The molecule has 1 heterocycles. The fourth-order valence-corrected chi connectivity index (χ4v) is 2.74. The zero-order chi connectivity index (χ0) is 13.6. The molecule has 1 aromatic carbocycles. The molecule has 1 N–H and O–H groups in total. The molecule has 106 valence electrons. The number of nitrogens with one attached hydrogen (secondary N) is 1. The summed E-state index contributed by atoms with van der Waals surface area (Å²) >= 11 is 0. The second-order valence-corrected chi connectivity index (χ2v) is 5.44. The summed E-state index contributed by atoms with van der Waals surface area (Å²) in [6, 6.07) is 10.5. The third kappa shape index (κ3) is 3.45. The third-order valence-corrected chi connectivity index (χ3v) is 3.88. The van der Waals surface area contributed by atoms with E-state index in [0.717, 1.165) is 5.56 Å². The number of hydrogen-bond acceptors (Lipinski definition) is 4. The highest BCUT2D eigenvalue weighted by atomic mass is 16.4. The van der Waals surface area contributed by atoms with Crippen molar-refractivity contribution in [1.82, 2.24) is 15.5 Å². The van der Waals surface area contributed by atoms with Crippen LogP contribution in [-0.4, -0.2) is 16.2 Å². The van der Waals surface area contributed by atoms with Gasteiger partial charge in [-0.3, -0.25) is 0 Å². The van der Waals surface area contributed by atoms with Crippen molar-refractivity contribution in [2.45, 2.75) is 51.1 Å². The summed E-state index contributed by atoms with van der Waals surface area (Å²) in [5, 5.41) is 11.8. The van der Waals surface area contributed by atoms with Crippen LogP contribution in [-0.2, 0) is 6.54 Å². The van der Waals surface area contributed by atoms with Crippen LogP contribution in [0.25, 0.3) is 11.5 Å². The number of benzene rings is 1. The Morgan fingerprint density at radius 3 is 2.50 bits per heavy atom. The molecular weight excluding hydrogens is 250 g/mol. The van der Waals surface area contributed by atoms with Crippen LogP contribution in [0.1, 0.15) is 44.4 Å². The highest BCUT2D eigenvalue weighted by Gasteiger charge is 2.13. The summed E-state index contributed by atoms with van der Waals surface area (Å²) in [7, 11) is 0. The predicted octanol–water partition coefficient (Wildman–Crippen LogP) is 3.55. The van der Waals surface area contributed by atoms with E-state index in [0.29, 0.717) is 24.4 Å². The number of hydrogen-bond donors (Lipinski definition) is 1. The van der Waals surface area contributed by atoms with Gasteiger partial charge in [0.1, 0.15) is 0 Å². The molecule has 0 aliphatic heterocycles. The quantitative estimate of drug-likeness (QED) is 0.864. The Hall–Kier alpha value is -1.68. The Morgan fingerprint density at radius 2 is 1.75 bits per heavy atom. The van der Waals surface area contributed by atoms with Crippen LogP contribution < -0.4 is 5.32 Å². The molecule has 4 nitrogen and oxygen atoms in total. The van der Waals surface area contributed by atoms with Gasteiger partial charge in [-0.15, -0.1) is 10.2 Å². The van der Waals surface area contributed by atoms with Gasteiger partial charge >= 0.3 is 0 Å². The lowest BCUT2D eigenvalue weighted by Crippen LogP contribution is -2.27. The van der Waals surface area contributed by atoms with E-state index < -0.39 is 0 Å². The summed E-state index contributed by atoms with van der Waals surface area (Å²) in [4.78, 5) is 0. The molecule has 0 atom stereocenters. The largest absolute Gasteiger partial charge is 0.419 e. The van der Waals surface area contributed by atoms with Crippen molar-refractivity contribution in [1.29, 1.82) is 0 Å². The zero-order valence-electron chi connectivity index (χ0n) is 11.7. The van der Waals surface area contributed by atoms with E-state index in [2.05, 4.69) is 15.5 Å². The van der Waals surface area contributed by atoms with E-state index in [1.165, 1.54) is 38.5 Å². The van der Waals surface area contributed by atoms with Crippen LogP contribution in [0.4, 0.5) is 0 Å². The second-order valence-electron chi connectivity index (χ2n) is 5.44. The summed E-state index contributed by atoms with van der Waals surface area (Å²) in [6.07, 6.45) is 7.93. The van der Waals surface area contributed by atoms with Crippen molar-refractivity contribution in [3.05, 3.63) is 36.2 Å². The number of nitrogens with zero attached hydrogens (tertiary/aromatic N) is 2. The van der Waals surface area contributed by atoms with Crippen molar-refractivity contribution in [3.63, 3.8) is 0 Å². The number of rotatable bonds is 4. The van der Waals surface area contributed by atoms with Crippen LogP contribution in [0.3, 0.4) is 0 Å². The maximum atomic E-state index is 5.71. The lowest BCUT2D eigenvalue weighted by atomic mass is 10.1. The molecule has 4 heteroatoms. The van der Waals surface area contributed by atoms with Gasteiger partial charge in [-0.1, -0.05) is 43.9 Å². The standard InChI is InChI=1S/C16H21N3O/c1-2-7-11-14(10-6-1)17-12-15-18-19-16(20-15)13-8-4-3-5-9-13/h3-5,8-9,14,17H,1-2,6-7,10-12H2. The average molecular weight is 271 g/mol. The van der Waals surface area contributed by atoms with Crippen LogP contribution in [0.5, 0.6) is 0 Å². The maximum absolute atomic E-state index is 5.71. The molecule has 1 fully saturated rings. The molecule has 0 saturated heterocycles. The van der Waals surface area contributed by atoms with Crippen molar-refractivity contribution in [2.24, 2.45) is 0 Å². The smallest absolute Gasteiger partial charge is 0.247 e. The second kappa shape index (κ2) is 6.66. The SMILES string of the molecule is c1ccc(-c2nnc(CNC3CCCCCC3)o2)cc1. The fraction of sp³-hybridized carbons (Fsp3) is 0.500. The van der Waals surface area contributed by atoms with Gasteiger partial charge in [-0.2, -0.15) is 0 Å². The first-order valence-electron chi connectivity index (χ1n) is 7.53. The van der Waals surface area contributed by atoms with E-state index in [-0.39, 0.29) is 0 Å². The average Bonchev–Trinajstić information content (AvgIpc) is 2.82. The highest BCUT2D eigenvalue weighted by Crippen LogP contribution is 2.19. The van der Waals surface area contributed by atoms with E-state index in [1.807, 2.05) is 30.3 Å². The van der Waals surface area contributed by atoms with Crippen molar-refractivity contribution < 1.29 is 4.42 Å². The van der Waals surface area contributed by atoms with Gasteiger partial charge in [-0.05, 0) is 25.0 Å². The number of aromatic nitrogens is 2. The molecule has 2 aromatic rings. The lowest BCUT2D eigenvalue weighted by molar-refractivity contribution is 0.411. The molecule has 0 radical (unpaired) electrons. The van der Waals surface area contributed by atoms with E-state index >= 15 is 0 Å². The Balaban J connectivity index is 1.57. The molecule has 1 aliphatic rings. The van der Waals surface area contributed by atoms with Crippen LogP contribution in [0.15, 0.2) is 34.7 Å². The lowest BCUT2D eigenvalue weighted by Gasteiger charge is -2.14. The van der Waals surface area contributed by atoms with Gasteiger partial charge in [-0.25, -0.2) is 0 Å². The van der Waals surface area contributed by atoms with Gasteiger partial charge in [0.25, 0.3) is 0 Å². The molecular formula is C16H21N3O. The minimum atomic E-state index is 0.600. The van der Waals surface area contributed by atoms with Crippen molar-refractivity contribution >= 4 is 0 Å². The van der Waals surface area contributed by atoms with Crippen LogP contribution in [0, 0.1) is 0 Å². The normalized spacial score (nSPS) is 17.0. The van der Waals surface area contributed by atoms with Crippen molar-refractivity contribution in [2.75, 3.05) is 0 Å². The summed E-state index contributed by atoms with van der Waals surface area (Å²) in [5.74, 6) is 1.27. The first-order chi connectivity index (χ1) is 9.92. The van der Waals surface area contributed by atoms with Crippen LogP contribution in [0.2, 0.25) is 0 Å². The molecule has 20 heavy (non-hydrogen) atoms. The van der Waals surface area contributed by atoms with Gasteiger partial charge < -0.3 is 9.73 Å². The predicted molar refractivity (Wildman–Crippen MR) is 78.1 cm³/mol. The minimum Gasteiger partial charge on any atom is -0.419 e. The molecule has 1 saturated carbocycles. The molecule has 0 bridgehead atoms. The van der Waals surface area contributed by atoms with Crippen molar-refractivity contribution in [3.8, 4) is 11.5 Å². The highest BCUT2D eigenvalue weighted by molar-refractivity contribution is 5.51. The summed E-state index contributed by atoms with van der Waals surface area (Å²) in [6.45, 7) is 0.671. The van der Waals surface area contributed by atoms with Crippen LogP contribution >= 0.6 is 0 Å². The Kier molecular flexibility index (Phi) is 4.43. The van der Waals surface area contributed by atoms with E-state index in [9.17, 15) is 0 Å². The van der Waals surface area contributed by atoms with E-state index in [4.69, 9.17) is 4.42 Å². The Morgan fingerprint density at radius 1 is 1.00 bits per heavy atom. The van der Waals surface area contributed by atoms with Gasteiger partial charge in [0, 0.05) is 11.6 Å². The monoisotopic (exact) mass is 271 g/mol. The fourth-order valence-electron chi connectivity index (χ4n) is 2.74. The first kappa shape index (κ1) is 13.3. The Bertz CT molecular complexity index is 516. The third-order valence-electron chi connectivity index (χ3n) is 3.88. The summed E-state index contributed by atoms with van der Waals surface area (Å²) in [5.41, 5.74) is 0.973. The molecule has 0 unspecified atom stereocenters. The van der Waals surface area contributed by atoms with Gasteiger partial charge in [0.05, 0.1) is 6.54 Å². The first-order valence-corrected chi connectivity index (χ1v) is 7.53. The van der Waals surface area contributed by atoms with E-state index in [1.54, 1.807) is 0 Å². The molecule has 0 amide bonds. The maximum Gasteiger partial charge on any atom is 0.247 e. The molecule has 1 aliphatic carbocycles. The minimum absolute atomic E-state index is 0.600.